The number of hydrogen-bond donors (Lipinski definition) is 1. The third-order valence-electron chi connectivity index (χ3n) is 3.36. The van der Waals surface area contributed by atoms with Crippen LogP contribution in [0.5, 0.6) is 0 Å². The highest BCUT2D eigenvalue weighted by molar-refractivity contribution is 5.92. The van der Waals surface area contributed by atoms with Crippen molar-refractivity contribution in [2.45, 2.75) is 12.7 Å². The fourth-order valence-electron chi connectivity index (χ4n) is 2.04. The first-order chi connectivity index (χ1) is 11.0. The first-order valence-electron chi connectivity index (χ1n) is 7.20. The summed E-state index contributed by atoms with van der Waals surface area (Å²) in [4.78, 5) is 26.0. The molecule has 0 aliphatic heterocycles. The minimum Gasteiger partial charge on any atom is -0.444 e. The maximum atomic E-state index is 12.3. The average Bonchev–Trinajstić information content (AvgIpc) is 2.59. The van der Waals surface area contributed by atoms with E-state index < -0.39 is 12.1 Å². The van der Waals surface area contributed by atoms with E-state index in [4.69, 9.17) is 9.84 Å². The van der Waals surface area contributed by atoms with Crippen molar-refractivity contribution in [3.63, 3.8) is 0 Å². The zero-order chi connectivity index (χ0) is 16.8. The van der Waals surface area contributed by atoms with Crippen molar-refractivity contribution in [3.8, 4) is 0 Å². The molecule has 0 bridgehead atoms. The molecular formula is C18H19NO4. The minimum absolute atomic E-state index is 0.0961. The van der Waals surface area contributed by atoms with Gasteiger partial charge in [0, 0.05) is 19.7 Å². The van der Waals surface area contributed by atoms with Gasteiger partial charge in [-0.1, -0.05) is 42.5 Å². The molecule has 0 heterocycles. The van der Waals surface area contributed by atoms with E-state index in [1.54, 1.807) is 62.6 Å². The number of aliphatic hydroxyl groups is 1. The van der Waals surface area contributed by atoms with Gasteiger partial charge in [-0.2, -0.15) is 0 Å². The van der Waals surface area contributed by atoms with E-state index in [0.717, 1.165) is 0 Å². The summed E-state index contributed by atoms with van der Waals surface area (Å²) < 4.78 is 5.43. The number of hydrogen-bond acceptors (Lipinski definition) is 4. The molecule has 0 saturated carbocycles. The van der Waals surface area contributed by atoms with Gasteiger partial charge in [0.25, 0.3) is 5.91 Å². The molecule has 23 heavy (non-hydrogen) atoms. The van der Waals surface area contributed by atoms with Gasteiger partial charge in [0.05, 0.1) is 12.2 Å². The van der Waals surface area contributed by atoms with Crippen LogP contribution in [0.2, 0.25) is 0 Å². The van der Waals surface area contributed by atoms with Gasteiger partial charge < -0.3 is 14.7 Å². The molecule has 1 N–H and O–H groups in total. The summed E-state index contributed by atoms with van der Waals surface area (Å²) in [5.41, 5.74) is 1.65. The molecule has 0 aliphatic rings. The SMILES string of the molecule is CN(C)C(=O)[C@@H](OC(=O)c1ccc(CO)cc1)c1ccccc1. The van der Waals surface area contributed by atoms with Crippen LogP contribution in [0.1, 0.15) is 27.6 Å². The molecule has 0 spiro atoms. The second-order valence-electron chi connectivity index (χ2n) is 5.28. The van der Waals surface area contributed by atoms with E-state index in [1.807, 2.05) is 6.07 Å². The smallest absolute Gasteiger partial charge is 0.339 e. The first-order valence-corrected chi connectivity index (χ1v) is 7.20. The Labute approximate surface area is 135 Å². The maximum Gasteiger partial charge on any atom is 0.339 e. The van der Waals surface area contributed by atoms with E-state index in [-0.39, 0.29) is 12.5 Å². The summed E-state index contributed by atoms with van der Waals surface area (Å²) >= 11 is 0. The molecular weight excluding hydrogens is 294 g/mol. The summed E-state index contributed by atoms with van der Waals surface area (Å²) in [7, 11) is 3.23. The quantitative estimate of drug-likeness (QED) is 0.859. The topological polar surface area (TPSA) is 66.8 Å². The lowest BCUT2D eigenvalue weighted by Crippen LogP contribution is -2.31. The van der Waals surface area contributed by atoms with Gasteiger partial charge in [-0.3, -0.25) is 4.79 Å². The molecule has 2 aromatic rings. The molecule has 0 aromatic heterocycles. The lowest BCUT2D eigenvalue weighted by molar-refractivity contribution is -0.138. The van der Waals surface area contributed by atoms with Gasteiger partial charge in [0.1, 0.15) is 0 Å². The Morgan fingerprint density at radius 3 is 2.17 bits per heavy atom. The summed E-state index contributed by atoms with van der Waals surface area (Å²) in [5.74, 6) is -0.893. The van der Waals surface area contributed by atoms with Crippen LogP contribution in [-0.4, -0.2) is 36.0 Å². The number of ether oxygens (including phenoxy) is 1. The van der Waals surface area contributed by atoms with Crippen LogP contribution in [0, 0.1) is 0 Å². The van der Waals surface area contributed by atoms with Crippen LogP contribution in [-0.2, 0) is 16.1 Å². The molecule has 2 aromatic carbocycles. The molecule has 5 nitrogen and oxygen atoms in total. The van der Waals surface area contributed by atoms with Crippen LogP contribution in [0.3, 0.4) is 0 Å². The number of carbonyl (C=O) groups excluding carboxylic acids is 2. The molecule has 0 fully saturated rings. The summed E-state index contributed by atoms with van der Waals surface area (Å²) in [6, 6.07) is 15.3. The monoisotopic (exact) mass is 313 g/mol. The van der Waals surface area contributed by atoms with Gasteiger partial charge in [-0.15, -0.1) is 0 Å². The zero-order valence-electron chi connectivity index (χ0n) is 13.1. The van der Waals surface area contributed by atoms with Crippen molar-refractivity contribution >= 4 is 11.9 Å². The summed E-state index contributed by atoms with van der Waals surface area (Å²) in [6.45, 7) is -0.0961. The lowest BCUT2D eigenvalue weighted by Gasteiger charge is -2.21. The van der Waals surface area contributed by atoms with E-state index in [0.29, 0.717) is 16.7 Å². The fourth-order valence-corrected chi connectivity index (χ4v) is 2.04. The number of amides is 1. The highest BCUT2D eigenvalue weighted by Gasteiger charge is 2.26. The van der Waals surface area contributed by atoms with Gasteiger partial charge in [0.2, 0.25) is 6.10 Å². The average molecular weight is 313 g/mol. The number of benzene rings is 2. The highest BCUT2D eigenvalue weighted by atomic mass is 16.5. The predicted octanol–water partition coefficient (Wildman–Crippen LogP) is 2.17. The lowest BCUT2D eigenvalue weighted by atomic mass is 10.1. The van der Waals surface area contributed by atoms with Crippen molar-refractivity contribution in [2.24, 2.45) is 0 Å². The number of rotatable bonds is 5. The van der Waals surface area contributed by atoms with Crippen molar-refractivity contribution in [3.05, 3.63) is 71.3 Å². The number of nitrogens with zero attached hydrogens (tertiary/aromatic N) is 1. The Kier molecular flexibility index (Phi) is 5.49. The first kappa shape index (κ1) is 16.7. The van der Waals surface area contributed by atoms with Gasteiger partial charge in [0.15, 0.2) is 0 Å². The highest BCUT2D eigenvalue weighted by Crippen LogP contribution is 2.21. The van der Waals surface area contributed by atoms with E-state index >= 15 is 0 Å². The molecule has 2 rings (SSSR count). The molecule has 0 aliphatic carbocycles. The molecule has 1 amide bonds. The molecule has 5 heteroatoms. The van der Waals surface area contributed by atoms with Crippen LogP contribution < -0.4 is 0 Å². The minimum atomic E-state index is -0.990. The van der Waals surface area contributed by atoms with Crippen LogP contribution in [0.4, 0.5) is 0 Å². The summed E-state index contributed by atoms with van der Waals surface area (Å²) in [6.07, 6.45) is -0.990. The Morgan fingerprint density at radius 1 is 1.04 bits per heavy atom. The Hall–Kier alpha value is -2.66. The normalized spacial score (nSPS) is 11.6. The maximum absolute atomic E-state index is 12.3. The number of aliphatic hydroxyl groups excluding tert-OH is 1. The zero-order valence-corrected chi connectivity index (χ0v) is 13.1. The Morgan fingerprint density at radius 2 is 1.65 bits per heavy atom. The van der Waals surface area contributed by atoms with Crippen molar-refractivity contribution in [1.29, 1.82) is 0 Å². The summed E-state index contributed by atoms with van der Waals surface area (Å²) in [5, 5.41) is 9.03. The van der Waals surface area contributed by atoms with Crippen molar-refractivity contribution in [2.75, 3.05) is 14.1 Å². The van der Waals surface area contributed by atoms with Crippen molar-refractivity contribution < 1.29 is 19.4 Å². The molecule has 0 saturated heterocycles. The van der Waals surface area contributed by atoms with Gasteiger partial charge in [-0.25, -0.2) is 4.79 Å². The molecule has 0 unspecified atom stereocenters. The van der Waals surface area contributed by atoms with Crippen LogP contribution >= 0.6 is 0 Å². The molecule has 120 valence electrons. The fraction of sp³-hybridized carbons (Fsp3) is 0.222. The number of carbonyl (C=O) groups is 2. The van der Waals surface area contributed by atoms with Crippen LogP contribution in [0.15, 0.2) is 54.6 Å². The van der Waals surface area contributed by atoms with Crippen LogP contribution in [0.25, 0.3) is 0 Å². The second-order valence-corrected chi connectivity index (χ2v) is 5.28. The third-order valence-corrected chi connectivity index (χ3v) is 3.36. The molecule has 0 radical (unpaired) electrons. The molecule has 1 atom stereocenters. The van der Waals surface area contributed by atoms with E-state index in [1.165, 1.54) is 4.90 Å². The predicted molar refractivity (Wildman–Crippen MR) is 85.7 cm³/mol. The number of esters is 1. The standard InChI is InChI=1S/C18H19NO4/c1-19(2)17(21)16(14-6-4-3-5-7-14)23-18(22)15-10-8-13(12-20)9-11-15/h3-11,16,20H,12H2,1-2H3/t16-/m0/s1. The van der Waals surface area contributed by atoms with E-state index in [2.05, 4.69) is 0 Å². The van der Waals surface area contributed by atoms with Crippen molar-refractivity contribution in [1.82, 2.24) is 4.90 Å². The largest absolute Gasteiger partial charge is 0.444 e. The second kappa shape index (κ2) is 7.56. The Bertz CT molecular complexity index is 665. The Balaban J connectivity index is 2.23. The van der Waals surface area contributed by atoms with Gasteiger partial charge >= 0.3 is 5.97 Å². The van der Waals surface area contributed by atoms with Gasteiger partial charge in [-0.05, 0) is 17.7 Å². The van der Waals surface area contributed by atoms with E-state index in [9.17, 15) is 9.59 Å². The third kappa shape index (κ3) is 4.17. The number of likely N-dealkylation sites (N-methyl/N-ethyl adjacent to an activating group) is 1.